The average Bonchev–Trinajstić information content (AvgIpc) is 2.63. The summed E-state index contributed by atoms with van der Waals surface area (Å²) < 4.78 is 39.5. The molecule has 4 nitrogen and oxygen atoms in total. The molecule has 27 heavy (non-hydrogen) atoms. The molecule has 1 unspecified atom stereocenters. The number of thioether (sulfide) groups is 1. The van der Waals surface area contributed by atoms with Crippen molar-refractivity contribution in [2.75, 3.05) is 18.1 Å². The van der Waals surface area contributed by atoms with Crippen LogP contribution in [0.1, 0.15) is 17.2 Å². The minimum Gasteiger partial charge on any atom is -0.332 e. The summed E-state index contributed by atoms with van der Waals surface area (Å²) in [5, 5.41) is 0.579. The summed E-state index contributed by atoms with van der Waals surface area (Å²) in [6.45, 7) is 0.0298. The topological polar surface area (TPSA) is 42.3 Å². The number of halogens is 4. The van der Waals surface area contributed by atoms with E-state index in [0.717, 1.165) is 28.0 Å². The van der Waals surface area contributed by atoms with Gasteiger partial charge in [0.05, 0.1) is 11.6 Å². The van der Waals surface area contributed by atoms with E-state index in [-0.39, 0.29) is 6.04 Å². The fourth-order valence-electron chi connectivity index (χ4n) is 2.92. The molecule has 144 valence electrons. The van der Waals surface area contributed by atoms with Crippen LogP contribution in [0.15, 0.2) is 47.4 Å². The van der Waals surface area contributed by atoms with Crippen LogP contribution in [0.2, 0.25) is 5.02 Å². The molecule has 1 atom stereocenters. The minimum absolute atomic E-state index is 0.213. The number of carbonyl (C=O) groups is 1. The third kappa shape index (κ3) is 4.68. The summed E-state index contributed by atoms with van der Waals surface area (Å²) in [6.07, 6.45) is -3.89. The first-order valence-corrected chi connectivity index (χ1v) is 9.69. The third-order valence-electron chi connectivity index (χ3n) is 4.32. The zero-order valence-electron chi connectivity index (χ0n) is 14.1. The smallest absolute Gasteiger partial charge is 0.332 e. The van der Waals surface area contributed by atoms with E-state index >= 15 is 0 Å². The van der Waals surface area contributed by atoms with Crippen molar-refractivity contribution >= 4 is 29.3 Å². The highest BCUT2D eigenvalue weighted by Crippen LogP contribution is 2.31. The molecular weight excluding hydrogens is 401 g/mol. The molecule has 1 amide bonds. The van der Waals surface area contributed by atoms with Gasteiger partial charge in [-0.1, -0.05) is 23.7 Å². The Kier molecular flexibility index (Phi) is 5.86. The molecule has 2 aromatic rings. The number of amides is 1. The van der Waals surface area contributed by atoms with Crippen LogP contribution < -0.4 is 5.56 Å². The van der Waals surface area contributed by atoms with Crippen molar-refractivity contribution in [3.63, 3.8) is 0 Å². The van der Waals surface area contributed by atoms with Crippen LogP contribution in [-0.4, -0.2) is 33.4 Å². The first-order chi connectivity index (χ1) is 12.8. The molecule has 0 bridgehead atoms. The number of benzene rings is 1. The second kappa shape index (κ2) is 7.98. The van der Waals surface area contributed by atoms with Crippen molar-refractivity contribution in [3.8, 4) is 0 Å². The van der Waals surface area contributed by atoms with Gasteiger partial charge in [0, 0.05) is 35.3 Å². The molecule has 1 fully saturated rings. The van der Waals surface area contributed by atoms with E-state index < -0.39 is 29.8 Å². The zero-order valence-corrected chi connectivity index (χ0v) is 15.7. The van der Waals surface area contributed by atoms with Gasteiger partial charge in [0.1, 0.15) is 6.54 Å². The minimum atomic E-state index is -4.58. The van der Waals surface area contributed by atoms with Crippen LogP contribution >= 0.6 is 23.4 Å². The predicted molar refractivity (Wildman–Crippen MR) is 98.9 cm³/mol. The van der Waals surface area contributed by atoms with Crippen LogP contribution in [0.3, 0.4) is 0 Å². The van der Waals surface area contributed by atoms with Gasteiger partial charge in [-0.3, -0.25) is 9.59 Å². The number of aromatic nitrogens is 1. The summed E-state index contributed by atoms with van der Waals surface area (Å²) in [5.74, 6) is 1.01. The highest BCUT2D eigenvalue weighted by atomic mass is 35.5. The van der Waals surface area contributed by atoms with Crippen LogP contribution in [-0.2, 0) is 17.5 Å². The number of alkyl halides is 3. The maximum Gasteiger partial charge on any atom is 0.417 e. The molecule has 0 saturated carbocycles. The molecule has 2 heterocycles. The molecule has 9 heteroatoms. The van der Waals surface area contributed by atoms with Crippen molar-refractivity contribution in [1.82, 2.24) is 9.47 Å². The van der Waals surface area contributed by atoms with E-state index in [1.165, 1.54) is 0 Å². The van der Waals surface area contributed by atoms with Crippen LogP contribution in [0.25, 0.3) is 0 Å². The molecule has 1 aliphatic heterocycles. The number of hydrogen-bond acceptors (Lipinski definition) is 3. The Morgan fingerprint density at radius 2 is 1.89 bits per heavy atom. The van der Waals surface area contributed by atoms with Gasteiger partial charge in [-0.15, -0.1) is 0 Å². The Morgan fingerprint density at radius 1 is 1.19 bits per heavy atom. The first-order valence-electron chi connectivity index (χ1n) is 8.16. The normalized spacial score (nSPS) is 17.8. The maximum absolute atomic E-state index is 12.9. The molecule has 0 radical (unpaired) electrons. The van der Waals surface area contributed by atoms with E-state index in [4.69, 9.17) is 11.6 Å². The van der Waals surface area contributed by atoms with Gasteiger partial charge in [-0.05, 0) is 23.8 Å². The Balaban J connectivity index is 1.84. The van der Waals surface area contributed by atoms with E-state index in [9.17, 15) is 22.8 Å². The Bertz CT molecular complexity index is 883. The molecule has 3 rings (SSSR count). The number of carbonyl (C=O) groups excluding carboxylic acids is 1. The maximum atomic E-state index is 12.9. The van der Waals surface area contributed by atoms with Crippen molar-refractivity contribution < 1.29 is 18.0 Å². The Hall–Kier alpha value is -1.93. The standard InChI is InChI=1S/C18H16ClF3N2O2S/c19-14-4-1-12(2-5-14)15-11-27-8-7-24(15)17(26)10-23-9-13(18(20,21)22)3-6-16(23)25/h1-6,9,15H,7-8,10-11H2. The molecule has 1 aromatic carbocycles. The van der Waals surface area contributed by atoms with Gasteiger partial charge in [0.2, 0.25) is 5.91 Å². The molecule has 0 N–H and O–H groups in total. The van der Waals surface area contributed by atoms with Crippen LogP contribution in [0.5, 0.6) is 0 Å². The molecule has 1 aromatic heterocycles. The highest BCUT2D eigenvalue weighted by Gasteiger charge is 2.32. The van der Waals surface area contributed by atoms with Gasteiger partial charge in [0.15, 0.2) is 0 Å². The molecule has 1 saturated heterocycles. The van der Waals surface area contributed by atoms with Crippen molar-refractivity contribution in [1.29, 1.82) is 0 Å². The molecule has 0 aliphatic carbocycles. The van der Waals surface area contributed by atoms with E-state index in [1.54, 1.807) is 28.8 Å². The summed E-state index contributed by atoms with van der Waals surface area (Å²) in [4.78, 5) is 26.3. The summed E-state index contributed by atoms with van der Waals surface area (Å²) in [5.41, 5.74) is -0.708. The van der Waals surface area contributed by atoms with Gasteiger partial charge in [-0.25, -0.2) is 0 Å². The number of nitrogens with zero attached hydrogens (tertiary/aromatic N) is 2. The second-order valence-corrected chi connectivity index (χ2v) is 7.70. The molecular formula is C18H16ClF3N2O2S. The summed E-state index contributed by atoms with van der Waals surface area (Å²) in [6, 6.07) is 8.46. The van der Waals surface area contributed by atoms with Crippen molar-refractivity contribution in [2.24, 2.45) is 0 Å². The lowest BCUT2D eigenvalue weighted by atomic mass is 10.1. The number of rotatable bonds is 3. The number of pyridine rings is 1. The van der Waals surface area contributed by atoms with Gasteiger partial charge < -0.3 is 9.47 Å². The Morgan fingerprint density at radius 3 is 2.56 bits per heavy atom. The third-order valence-corrected chi connectivity index (χ3v) is 5.59. The molecule has 0 spiro atoms. The monoisotopic (exact) mass is 416 g/mol. The van der Waals surface area contributed by atoms with Crippen LogP contribution in [0.4, 0.5) is 13.2 Å². The largest absolute Gasteiger partial charge is 0.417 e. The predicted octanol–water partition coefficient (Wildman–Crippen LogP) is 3.84. The quantitative estimate of drug-likeness (QED) is 0.763. The average molecular weight is 417 g/mol. The number of hydrogen-bond donors (Lipinski definition) is 0. The lowest BCUT2D eigenvalue weighted by Gasteiger charge is -2.36. The highest BCUT2D eigenvalue weighted by molar-refractivity contribution is 7.99. The van der Waals surface area contributed by atoms with E-state index in [0.29, 0.717) is 23.5 Å². The van der Waals surface area contributed by atoms with Crippen molar-refractivity contribution in [3.05, 3.63) is 69.1 Å². The zero-order chi connectivity index (χ0) is 19.6. The van der Waals surface area contributed by atoms with Crippen molar-refractivity contribution in [2.45, 2.75) is 18.8 Å². The fraction of sp³-hybridized carbons (Fsp3) is 0.333. The van der Waals surface area contributed by atoms with Gasteiger partial charge in [0.25, 0.3) is 5.56 Å². The lowest BCUT2D eigenvalue weighted by Crippen LogP contribution is -2.43. The first kappa shape index (κ1) is 19.8. The SMILES string of the molecule is O=C(Cn1cc(C(F)(F)F)ccc1=O)N1CCSCC1c1ccc(Cl)cc1. The fourth-order valence-corrected chi connectivity index (χ4v) is 4.14. The van der Waals surface area contributed by atoms with E-state index in [1.807, 2.05) is 12.1 Å². The summed E-state index contributed by atoms with van der Waals surface area (Å²) >= 11 is 7.60. The Labute approximate surface area is 162 Å². The van der Waals surface area contributed by atoms with E-state index in [2.05, 4.69) is 0 Å². The second-order valence-electron chi connectivity index (χ2n) is 6.11. The van der Waals surface area contributed by atoms with Crippen LogP contribution in [0, 0.1) is 0 Å². The van der Waals surface area contributed by atoms with Gasteiger partial charge >= 0.3 is 6.18 Å². The summed E-state index contributed by atoms with van der Waals surface area (Å²) in [7, 11) is 0. The molecule has 1 aliphatic rings. The lowest BCUT2D eigenvalue weighted by molar-refractivity contribution is -0.139. The van der Waals surface area contributed by atoms with Gasteiger partial charge in [-0.2, -0.15) is 24.9 Å².